The largest absolute Gasteiger partial charge is 0.496 e. The van der Waals surface area contributed by atoms with Crippen LogP contribution < -0.4 is 10.1 Å². The molecule has 0 saturated heterocycles. The Bertz CT molecular complexity index is 1200. The molecule has 0 saturated carbocycles. The van der Waals surface area contributed by atoms with E-state index in [2.05, 4.69) is 5.32 Å². The van der Waals surface area contributed by atoms with Crippen molar-refractivity contribution in [2.75, 3.05) is 13.7 Å². The molecule has 0 spiro atoms. The van der Waals surface area contributed by atoms with E-state index in [-0.39, 0.29) is 24.0 Å². The third kappa shape index (κ3) is 6.35. The third-order valence-corrected chi connectivity index (χ3v) is 7.29. The van der Waals surface area contributed by atoms with Crippen molar-refractivity contribution in [2.24, 2.45) is 0 Å². The number of sulfonamides is 1. The molecule has 0 aromatic heterocycles. The smallest absolute Gasteiger partial charge is 0.243 e. The van der Waals surface area contributed by atoms with Crippen molar-refractivity contribution in [2.45, 2.75) is 31.3 Å². The van der Waals surface area contributed by atoms with Crippen LogP contribution in [0.4, 0.5) is 0 Å². The van der Waals surface area contributed by atoms with Crippen molar-refractivity contribution in [1.82, 2.24) is 9.62 Å². The van der Waals surface area contributed by atoms with Gasteiger partial charge in [-0.3, -0.25) is 4.79 Å². The summed E-state index contributed by atoms with van der Waals surface area (Å²) in [5, 5.41) is 3.32. The number of benzene rings is 3. The Kier molecular flexibility index (Phi) is 8.13. The van der Waals surface area contributed by atoms with Gasteiger partial charge in [0.1, 0.15) is 5.75 Å². The molecule has 1 N–H and O–H groups in total. The summed E-state index contributed by atoms with van der Waals surface area (Å²) in [5.74, 6) is 0.230. The zero-order valence-corrected chi connectivity index (χ0v) is 20.4. The molecule has 3 aromatic rings. The standard InChI is InChI=1S/C25H27ClN2O4S/c1-18-8-10-20(11-9-18)16-28(33(30,31)22-14-12-21(26)13-15-22)17-25(29)27-19(2)23-6-4-5-7-24(23)32-3/h4-15,19H,16-17H2,1-3H3,(H,27,29). The van der Waals surface area contributed by atoms with Crippen LogP contribution in [-0.4, -0.2) is 32.3 Å². The first-order valence-electron chi connectivity index (χ1n) is 10.4. The number of methoxy groups -OCH3 is 1. The lowest BCUT2D eigenvalue weighted by Crippen LogP contribution is -2.41. The maximum absolute atomic E-state index is 13.4. The highest BCUT2D eigenvalue weighted by Crippen LogP contribution is 2.25. The third-order valence-electron chi connectivity index (χ3n) is 5.23. The Morgan fingerprint density at radius 1 is 1.03 bits per heavy atom. The van der Waals surface area contributed by atoms with Crippen LogP contribution in [0.25, 0.3) is 0 Å². The predicted molar refractivity (Wildman–Crippen MR) is 130 cm³/mol. The Hall–Kier alpha value is -2.87. The summed E-state index contributed by atoms with van der Waals surface area (Å²) in [6, 6.07) is 20.4. The van der Waals surface area contributed by atoms with Gasteiger partial charge in [0.25, 0.3) is 0 Å². The zero-order chi connectivity index (χ0) is 24.0. The van der Waals surface area contributed by atoms with Gasteiger partial charge < -0.3 is 10.1 Å². The van der Waals surface area contributed by atoms with Gasteiger partial charge in [0.15, 0.2) is 0 Å². The average molecular weight is 487 g/mol. The number of carbonyl (C=O) groups excluding carboxylic acids is 1. The van der Waals surface area contributed by atoms with Crippen LogP contribution in [-0.2, 0) is 21.4 Å². The van der Waals surface area contributed by atoms with Gasteiger partial charge in [-0.1, -0.05) is 59.6 Å². The number of nitrogens with one attached hydrogen (secondary N) is 1. The van der Waals surface area contributed by atoms with E-state index in [1.165, 1.54) is 28.6 Å². The van der Waals surface area contributed by atoms with E-state index in [1.54, 1.807) is 7.11 Å². The summed E-state index contributed by atoms with van der Waals surface area (Å²) in [5.41, 5.74) is 2.65. The molecule has 8 heteroatoms. The second-order valence-electron chi connectivity index (χ2n) is 7.74. The lowest BCUT2D eigenvalue weighted by atomic mass is 10.1. The number of carbonyl (C=O) groups is 1. The molecule has 0 heterocycles. The molecule has 1 unspecified atom stereocenters. The topological polar surface area (TPSA) is 75.7 Å². The fraction of sp³-hybridized carbons (Fsp3) is 0.240. The molecule has 1 amide bonds. The molecule has 0 aliphatic carbocycles. The Labute approximate surface area is 200 Å². The fourth-order valence-corrected chi connectivity index (χ4v) is 4.94. The van der Waals surface area contributed by atoms with Crippen LogP contribution in [0.5, 0.6) is 5.75 Å². The lowest BCUT2D eigenvalue weighted by molar-refractivity contribution is -0.122. The summed E-state index contributed by atoms with van der Waals surface area (Å²) in [6.07, 6.45) is 0. The van der Waals surface area contributed by atoms with Gasteiger partial charge in [-0.15, -0.1) is 0 Å². The molecule has 0 fully saturated rings. The van der Waals surface area contributed by atoms with Crippen LogP contribution in [0.2, 0.25) is 5.02 Å². The maximum Gasteiger partial charge on any atom is 0.243 e. The lowest BCUT2D eigenvalue weighted by Gasteiger charge is -2.24. The molecule has 0 aliphatic heterocycles. The molecule has 0 bridgehead atoms. The molecule has 174 valence electrons. The molecule has 3 rings (SSSR count). The molecule has 1 atom stereocenters. The summed E-state index contributed by atoms with van der Waals surface area (Å²) in [6.45, 7) is 3.51. The highest BCUT2D eigenvalue weighted by atomic mass is 35.5. The van der Waals surface area contributed by atoms with Crippen molar-refractivity contribution in [1.29, 1.82) is 0 Å². The monoisotopic (exact) mass is 486 g/mol. The SMILES string of the molecule is COc1ccccc1C(C)NC(=O)CN(Cc1ccc(C)cc1)S(=O)(=O)c1ccc(Cl)cc1. The highest BCUT2D eigenvalue weighted by molar-refractivity contribution is 7.89. The Balaban J connectivity index is 1.84. The molecular formula is C25H27ClN2O4S. The van der Waals surface area contributed by atoms with Crippen LogP contribution in [0.1, 0.15) is 29.7 Å². The van der Waals surface area contributed by atoms with E-state index in [4.69, 9.17) is 16.3 Å². The highest BCUT2D eigenvalue weighted by Gasteiger charge is 2.27. The second-order valence-corrected chi connectivity index (χ2v) is 10.1. The van der Waals surface area contributed by atoms with Gasteiger partial charge in [0, 0.05) is 17.1 Å². The molecule has 6 nitrogen and oxygen atoms in total. The van der Waals surface area contributed by atoms with Crippen LogP contribution in [0, 0.1) is 6.92 Å². The van der Waals surface area contributed by atoms with Gasteiger partial charge in [-0.2, -0.15) is 4.31 Å². The number of hydrogen-bond acceptors (Lipinski definition) is 4. The quantitative estimate of drug-likeness (QED) is 0.474. The zero-order valence-electron chi connectivity index (χ0n) is 18.8. The molecule has 3 aromatic carbocycles. The van der Waals surface area contributed by atoms with Crippen molar-refractivity contribution >= 4 is 27.5 Å². The van der Waals surface area contributed by atoms with Crippen molar-refractivity contribution in [3.63, 3.8) is 0 Å². The van der Waals surface area contributed by atoms with Crippen molar-refractivity contribution < 1.29 is 17.9 Å². The maximum atomic E-state index is 13.4. The minimum absolute atomic E-state index is 0.0572. The number of amides is 1. The minimum atomic E-state index is -3.95. The first-order valence-corrected chi connectivity index (χ1v) is 12.3. The average Bonchev–Trinajstić information content (AvgIpc) is 2.80. The van der Waals surface area contributed by atoms with Crippen LogP contribution >= 0.6 is 11.6 Å². The number of aryl methyl sites for hydroxylation is 1. The first-order chi connectivity index (χ1) is 15.7. The number of halogens is 1. The summed E-state index contributed by atoms with van der Waals surface area (Å²) in [4.78, 5) is 13.0. The van der Waals surface area contributed by atoms with Crippen molar-refractivity contribution in [3.8, 4) is 5.75 Å². The van der Waals surface area contributed by atoms with Gasteiger partial charge in [0.2, 0.25) is 15.9 Å². The van der Waals surface area contributed by atoms with E-state index in [1.807, 2.05) is 62.4 Å². The number of ether oxygens (including phenoxy) is 1. The van der Waals surface area contributed by atoms with Gasteiger partial charge in [0.05, 0.1) is 24.6 Å². The number of rotatable bonds is 9. The van der Waals surface area contributed by atoms with Gasteiger partial charge in [-0.05, 0) is 49.7 Å². The van der Waals surface area contributed by atoms with Crippen LogP contribution in [0.3, 0.4) is 0 Å². The van der Waals surface area contributed by atoms with E-state index >= 15 is 0 Å². The summed E-state index contributed by atoms with van der Waals surface area (Å²) < 4.78 is 33.3. The molecule has 0 aliphatic rings. The number of nitrogens with zero attached hydrogens (tertiary/aromatic N) is 1. The normalized spacial score (nSPS) is 12.4. The van der Waals surface area contributed by atoms with E-state index in [0.717, 1.165) is 16.7 Å². The van der Waals surface area contributed by atoms with Crippen molar-refractivity contribution in [3.05, 3.63) is 94.5 Å². The first kappa shape index (κ1) is 24.8. The van der Waals surface area contributed by atoms with Gasteiger partial charge >= 0.3 is 0 Å². The molecule has 33 heavy (non-hydrogen) atoms. The van der Waals surface area contributed by atoms with E-state index < -0.39 is 15.9 Å². The summed E-state index contributed by atoms with van der Waals surface area (Å²) in [7, 11) is -2.38. The molecular weight excluding hydrogens is 460 g/mol. The molecule has 0 radical (unpaired) electrons. The number of hydrogen-bond donors (Lipinski definition) is 1. The Morgan fingerprint density at radius 2 is 1.67 bits per heavy atom. The fourth-order valence-electron chi connectivity index (χ4n) is 3.43. The van der Waals surface area contributed by atoms with E-state index in [9.17, 15) is 13.2 Å². The number of para-hydroxylation sites is 1. The Morgan fingerprint density at radius 3 is 2.30 bits per heavy atom. The van der Waals surface area contributed by atoms with E-state index in [0.29, 0.717) is 10.8 Å². The minimum Gasteiger partial charge on any atom is -0.496 e. The summed E-state index contributed by atoms with van der Waals surface area (Å²) >= 11 is 5.93. The predicted octanol–water partition coefficient (Wildman–Crippen LogP) is 4.73. The second kappa shape index (κ2) is 10.8. The van der Waals surface area contributed by atoms with Crippen LogP contribution in [0.15, 0.2) is 77.7 Å². The van der Waals surface area contributed by atoms with Gasteiger partial charge in [-0.25, -0.2) is 8.42 Å².